The van der Waals surface area contributed by atoms with E-state index in [1.165, 1.54) is 0 Å². The Hall–Kier alpha value is -1.80. The highest BCUT2D eigenvalue weighted by Crippen LogP contribution is 2.16. The minimum atomic E-state index is -0.237. The molecule has 0 fully saturated rings. The minimum absolute atomic E-state index is 0.237. The highest BCUT2D eigenvalue weighted by Gasteiger charge is 2.19. The van der Waals surface area contributed by atoms with Gasteiger partial charge in [-0.05, 0) is 18.6 Å². The monoisotopic (exact) mass is 281 g/mol. The molecule has 8 heteroatoms. The van der Waals surface area contributed by atoms with Gasteiger partial charge >= 0.3 is 5.97 Å². The average Bonchev–Trinajstić information content (AvgIpc) is 2.98. The zero-order valence-corrected chi connectivity index (χ0v) is 11.5. The zero-order valence-electron chi connectivity index (χ0n) is 11.5. The van der Waals surface area contributed by atoms with Crippen LogP contribution >= 0.6 is 0 Å². The number of esters is 1. The minimum Gasteiger partial charge on any atom is -0.462 e. The molecule has 0 atom stereocenters. The molecule has 1 aliphatic rings. The molecule has 0 bridgehead atoms. The van der Waals surface area contributed by atoms with Crippen LogP contribution in [0.3, 0.4) is 0 Å². The second-order valence-corrected chi connectivity index (χ2v) is 4.38. The van der Waals surface area contributed by atoms with Gasteiger partial charge in [-0.1, -0.05) is 6.08 Å². The van der Waals surface area contributed by atoms with Gasteiger partial charge in [0.15, 0.2) is 0 Å². The fourth-order valence-corrected chi connectivity index (χ4v) is 1.99. The van der Waals surface area contributed by atoms with Gasteiger partial charge in [0.1, 0.15) is 6.61 Å². The van der Waals surface area contributed by atoms with Crippen molar-refractivity contribution in [3.63, 3.8) is 0 Å². The van der Waals surface area contributed by atoms with E-state index in [4.69, 9.17) is 9.47 Å². The highest BCUT2D eigenvalue weighted by molar-refractivity contribution is 5.72. The van der Waals surface area contributed by atoms with E-state index >= 15 is 0 Å². The summed E-state index contributed by atoms with van der Waals surface area (Å²) >= 11 is 0. The molecule has 0 amide bonds. The van der Waals surface area contributed by atoms with Crippen molar-refractivity contribution in [3.8, 4) is 0 Å². The Kier molecular flexibility index (Phi) is 5.63. The topological polar surface area (TPSA) is 93.2 Å². The molecule has 20 heavy (non-hydrogen) atoms. The van der Waals surface area contributed by atoms with E-state index in [0.29, 0.717) is 32.2 Å². The summed E-state index contributed by atoms with van der Waals surface area (Å²) in [5, 5.41) is 13.9. The quantitative estimate of drug-likeness (QED) is 0.549. The average molecular weight is 281 g/mol. The van der Waals surface area contributed by atoms with Gasteiger partial charge in [0.2, 0.25) is 5.82 Å². The number of carbonyl (C=O) groups excluding carboxylic acids is 1. The van der Waals surface area contributed by atoms with Gasteiger partial charge in [-0.3, -0.25) is 9.69 Å². The van der Waals surface area contributed by atoms with Gasteiger partial charge in [-0.2, -0.15) is 5.21 Å². The SMILES string of the molecule is CCOCCOC(=O)CN1CCC=C(c2nn[nH]n2)C1. The Morgan fingerprint density at radius 3 is 3.15 bits per heavy atom. The molecule has 0 saturated carbocycles. The predicted octanol–water partition coefficient (Wildman–Crippen LogP) is -0.131. The van der Waals surface area contributed by atoms with Gasteiger partial charge in [-0.15, -0.1) is 10.2 Å². The van der Waals surface area contributed by atoms with Crippen molar-refractivity contribution in [2.24, 2.45) is 0 Å². The molecule has 0 spiro atoms. The van der Waals surface area contributed by atoms with Crippen LogP contribution in [-0.4, -0.2) is 70.9 Å². The van der Waals surface area contributed by atoms with Crippen molar-refractivity contribution in [1.82, 2.24) is 25.5 Å². The first-order chi connectivity index (χ1) is 9.79. The van der Waals surface area contributed by atoms with E-state index < -0.39 is 0 Å². The largest absolute Gasteiger partial charge is 0.462 e. The summed E-state index contributed by atoms with van der Waals surface area (Å²) in [7, 11) is 0. The van der Waals surface area contributed by atoms with Crippen LogP contribution in [0.1, 0.15) is 19.2 Å². The third kappa shape index (κ3) is 4.39. The molecule has 110 valence electrons. The van der Waals surface area contributed by atoms with E-state index in [9.17, 15) is 4.79 Å². The summed E-state index contributed by atoms with van der Waals surface area (Å²) in [4.78, 5) is 13.7. The number of H-pyrrole nitrogens is 1. The van der Waals surface area contributed by atoms with Crippen molar-refractivity contribution >= 4 is 11.5 Å². The van der Waals surface area contributed by atoms with Crippen LogP contribution < -0.4 is 0 Å². The van der Waals surface area contributed by atoms with Crippen molar-refractivity contribution in [1.29, 1.82) is 0 Å². The fourth-order valence-electron chi connectivity index (χ4n) is 1.99. The maximum Gasteiger partial charge on any atom is 0.320 e. The lowest BCUT2D eigenvalue weighted by Crippen LogP contribution is -2.35. The molecule has 1 aromatic rings. The van der Waals surface area contributed by atoms with Crippen LogP contribution in [0, 0.1) is 0 Å². The van der Waals surface area contributed by atoms with Crippen molar-refractivity contribution in [3.05, 3.63) is 11.9 Å². The summed E-state index contributed by atoms with van der Waals surface area (Å²) in [5.41, 5.74) is 0.979. The van der Waals surface area contributed by atoms with Gasteiger partial charge in [0.05, 0.1) is 13.2 Å². The van der Waals surface area contributed by atoms with Crippen molar-refractivity contribution in [2.45, 2.75) is 13.3 Å². The molecule has 1 N–H and O–H groups in total. The number of aromatic amines is 1. The Morgan fingerprint density at radius 1 is 1.50 bits per heavy atom. The molecule has 0 aliphatic carbocycles. The Bertz CT molecular complexity index is 446. The van der Waals surface area contributed by atoms with Crippen LogP contribution in [0.2, 0.25) is 0 Å². The van der Waals surface area contributed by atoms with Crippen LogP contribution in [0.25, 0.3) is 5.57 Å². The summed E-state index contributed by atoms with van der Waals surface area (Å²) in [6.07, 6.45) is 2.93. The second-order valence-electron chi connectivity index (χ2n) is 4.38. The maximum atomic E-state index is 11.7. The third-order valence-electron chi connectivity index (χ3n) is 2.91. The van der Waals surface area contributed by atoms with Crippen LogP contribution in [-0.2, 0) is 14.3 Å². The summed E-state index contributed by atoms with van der Waals surface area (Å²) in [5.74, 6) is 0.346. The first kappa shape index (κ1) is 14.6. The number of hydrogen-bond donors (Lipinski definition) is 1. The molecular weight excluding hydrogens is 262 g/mol. The van der Waals surface area contributed by atoms with E-state index in [1.54, 1.807) is 0 Å². The normalized spacial score (nSPS) is 15.9. The number of nitrogens with zero attached hydrogens (tertiary/aromatic N) is 4. The number of hydrogen-bond acceptors (Lipinski definition) is 7. The van der Waals surface area contributed by atoms with Gasteiger partial charge in [0.25, 0.3) is 0 Å². The molecule has 2 rings (SSSR count). The number of nitrogens with one attached hydrogen (secondary N) is 1. The van der Waals surface area contributed by atoms with E-state index in [0.717, 1.165) is 18.5 Å². The lowest BCUT2D eigenvalue weighted by molar-refractivity contribution is -0.146. The molecule has 0 unspecified atom stereocenters. The molecule has 0 aromatic carbocycles. The molecule has 0 saturated heterocycles. The standard InChI is InChI=1S/C12H19N5O3/c1-2-19-6-7-20-11(18)9-17-5-3-4-10(8-17)12-13-15-16-14-12/h4H,2-3,5-9H2,1H3,(H,13,14,15,16). The second kappa shape index (κ2) is 7.71. The van der Waals surface area contributed by atoms with E-state index in [-0.39, 0.29) is 12.5 Å². The Labute approximate surface area is 117 Å². The fraction of sp³-hybridized carbons (Fsp3) is 0.667. The highest BCUT2D eigenvalue weighted by atomic mass is 16.6. The zero-order chi connectivity index (χ0) is 14.2. The number of aromatic nitrogens is 4. The third-order valence-corrected chi connectivity index (χ3v) is 2.91. The molecule has 1 aromatic heterocycles. The number of carbonyl (C=O) groups is 1. The lowest BCUT2D eigenvalue weighted by atomic mass is 10.1. The predicted molar refractivity (Wildman–Crippen MR) is 70.7 cm³/mol. The maximum absolute atomic E-state index is 11.7. The van der Waals surface area contributed by atoms with Crippen LogP contribution in [0.4, 0.5) is 0 Å². The molecule has 0 radical (unpaired) electrons. The number of ether oxygens (including phenoxy) is 2. The molecular formula is C12H19N5O3. The lowest BCUT2D eigenvalue weighted by Gasteiger charge is -2.24. The first-order valence-electron chi connectivity index (χ1n) is 6.68. The van der Waals surface area contributed by atoms with Crippen molar-refractivity contribution in [2.75, 3.05) is 39.5 Å². The van der Waals surface area contributed by atoms with E-state index in [2.05, 4.69) is 26.7 Å². The molecule has 2 heterocycles. The van der Waals surface area contributed by atoms with Gasteiger partial charge < -0.3 is 9.47 Å². The smallest absolute Gasteiger partial charge is 0.320 e. The summed E-state index contributed by atoms with van der Waals surface area (Å²) in [6.45, 7) is 4.98. The number of tetrazole rings is 1. The summed E-state index contributed by atoms with van der Waals surface area (Å²) in [6, 6.07) is 0. The number of rotatable bonds is 7. The summed E-state index contributed by atoms with van der Waals surface area (Å²) < 4.78 is 10.2. The van der Waals surface area contributed by atoms with Crippen LogP contribution in [0.15, 0.2) is 6.08 Å². The Balaban J connectivity index is 1.74. The first-order valence-corrected chi connectivity index (χ1v) is 6.68. The van der Waals surface area contributed by atoms with Crippen molar-refractivity contribution < 1.29 is 14.3 Å². The van der Waals surface area contributed by atoms with Gasteiger partial charge in [-0.25, -0.2) is 0 Å². The van der Waals surface area contributed by atoms with Crippen LogP contribution in [0.5, 0.6) is 0 Å². The molecule has 8 nitrogen and oxygen atoms in total. The molecule has 1 aliphatic heterocycles. The Morgan fingerprint density at radius 2 is 2.40 bits per heavy atom. The van der Waals surface area contributed by atoms with E-state index in [1.807, 2.05) is 11.8 Å². The van der Waals surface area contributed by atoms with Gasteiger partial charge in [0, 0.05) is 25.3 Å².